The lowest BCUT2D eigenvalue weighted by molar-refractivity contribution is -0.00908. The first kappa shape index (κ1) is 101. The summed E-state index contributed by atoms with van der Waals surface area (Å²) in [5, 5.41) is 64.8. The van der Waals surface area contributed by atoms with Crippen LogP contribution < -0.4 is 72.7 Å². The van der Waals surface area contributed by atoms with E-state index >= 15 is 0 Å². The van der Waals surface area contributed by atoms with Gasteiger partial charge in [-0.1, -0.05) is 175 Å². The predicted octanol–water partition coefficient (Wildman–Crippen LogP) is 18.4. The zero-order valence-corrected chi connectivity index (χ0v) is 85.3. The first-order valence-corrected chi connectivity index (χ1v) is 52.5. The molecule has 6 aromatic carbocycles. The first-order chi connectivity index (χ1) is 68.7. The Kier molecular flexibility index (Phi) is 35.5. The fourth-order valence-electron chi connectivity index (χ4n) is 17.6. The third-order valence-electron chi connectivity index (χ3n) is 26.1. The molecular weight excluding hydrogens is 2000 g/mol. The number of anilines is 6. The molecule has 732 valence electrons. The van der Waals surface area contributed by atoms with E-state index in [1.54, 1.807) is 30.5 Å². The highest BCUT2D eigenvalue weighted by Crippen LogP contribution is 2.48. The number of nitrogens with two attached hydrogens (primary N) is 1. The summed E-state index contributed by atoms with van der Waals surface area (Å²) in [4.78, 5) is 62.8. The number of nitrogens with zero attached hydrogens (tertiary/aromatic N) is 24. The number of aromatic nitrogens is 15. The number of nitriles is 3. The number of fused-ring (bicyclic) bond motifs is 6. The van der Waals surface area contributed by atoms with Gasteiger partial charge < -0.3 is 67.0 Å². The first-order valence-electron chi connectivity index (χ1n) is 48.2. The molecular formula is C104H124I2N32O3. The molecule has 3 saturated heterocycles. The third-order valence-corrected chi connectivity index (χ3v) is 26.1. The van der Waals surface area contributed by atoms with E-state index in [2.05, 4.69) is 226 Å². The number of guanidine groups is 1. The van der Waals surface area contributed by atoms with Crippen LogP contribution in [0.1, 0.15) is 152 Å². The number of para-hydroxylation sites is 6. The number of pyridine rings is 3. The van der Waals surface area contributed by atoms with Gasteiger partial charge in [-0.25, -0.2) is 19.9 Å². The lowest BCUT2D eigenvalue weighted by Crippen LogP contribution is -2.56. The van der Waals surface area contributed by atoms with E-state index in [9.17, 15) is 5.26 Å². The van der Waals surface area contributed by atoms with Crippen LogP contribution in [-0.2, 0) is 0 Å². The largest absolute Gasteiger partial charge is 0.457 e. The van der Waals surface area contributed by atoms with Crippen LogP contribution in [0.4, 0.5) is 35.3 Å². The van der Waals surface area contributed by atoms with Crippen molar-refractivity contribution in [2.75, 3.05) is 119 Å². The molecule has 6 fully saturated rings. The molecule has 4 unspecified atom stereocenters. The average molecular weight is 2120 g/mol. The van der Waals surface area contributed by atoms with Crippen LogP contribution in [0.5, 0.6) is 17.2 Å². The van der Waals surface area contributed by atoms with E-state index < -0.39 is 12.8 Å². The number of hydrogen-bond acceptors (Lipinski definition) is 30. The number of halogens is 2. The SMILES string of the molecule is CCC(C)n1ncc2nc(N3CCN(C(N)=NC#N)CC3)nc(N[C@@H](c3cnc4ccccc4c3)C3CC3)c21.CCC(C)n1ncc2nc(N3CCN(C(NC#N)Oc4ccccc4)CC3)nc(N[C@@H](c3cnc4ccccc4c3)C3CC3)c21.CCC(C)n1ncc2nc(N3CCNCC3)nc(N[C@@H](c3cnc4ccccc4c3)C3CC3)c21.CI.CI.N.N#CNC(Oc1ccccc1)Oc1ccccc1. The highest BCUT2D eigenvalue weighted by atomic mass is 127. The molecule has 0 amide bonds. The van der Waals surface area contributed by atoms with E-state index in [1.165, 1.54) is 60.6 Å². The van der Waals surface area contributed by atoms with Crippen molar-refractivity contribution in [3.8, 4) is 35.8 Å². The molecule has 21 rings (SSSR count). The van der Waals surface area contributed by atoms with Gasteiger partial charge in [0.2, 0.25) is 36.3 Å². The number of hydrogen-bond donors (Lipinski definition) is 8. The molecule has 37 heteroatoms. The van der Waals surface area contributed by atoms with E-state index in [-0.39, 0.29) is 48.4 Å². The summed E-state index contributed by atoms with van der Waals surface area (Å²) in [7, 11) is 0. The maximum absolute atomic E-state index is 9.40. The molecule has 12 heterocycles. The summed E-state index contributed by atoms with van der Waals surface area (Å²) in [5.41, 5.74) is 17.9. The highest BCUT2D eigenvalue weighted by molar-refractivity contribution is 14.1. The Bertz CT molecular complexity index is 6700. The smallest absolute Gasteiger partial charge is 0.333 e. The molecule has 0 bridgehead atoms. The van der Waals surface area contributed by atoms with E-state index in [0.29, 0.717) is 99.3 Å². The number of alkyl halides is 2. The van der Waals surface area contributed by atoms with Gasteiger partial charge in [-0.2, -0.15) is 46.0 Å². The molecule has 0 radical (unpaired) electrons. The van der Waals surface area contributed by atoms with Gasteiger partial charge >= 0.3 is 6.41 Å². The van der Waals surface area contributed by atoms with Crippen LogP contribution in [-0.4, -0.2) is 191 Å². The molecule has 3 aliphatic carbocycles. The van der Waals surface area contributed by atoms with Gasteiger partial charge in [-0.05, 0) is 196 Å². The number of piperazine rings is 3. The predicted molar refractivity (Wildman–Crippen MR) is 575 cm³/mol. The monoisotopic (exact) mass is 2120 g/mol. The topological polar surface area (TPSA) is 430 Å². The summed E-state index contributed by atoms with van der Waals surface area (Å²) >= 11 is 4.30. The Morgan fingerprint density at radius 1 is 0.418 bits per heavy atom. The quantitative estimate of drug-likeness (QED) is 0.00394. The number of rotatable bonds is 30. The summed E-state index contributed by atoms with van der Waals surface area (Å²) < 4.78 is 23.3. The number of benzene rings is 6. The minimum absolute atomic E-state index is 0. The van der Waals surface area contributed by atoms with Crippen molar-refractivity contribution in [2.24, 2.45) is 28.5 Å². The molecule has 3 saturated carbocycles. The maximum Gasteiger partial charge on any atom is 0.333 e. The minimum Gasteiger partial charge on any atom is -0.457 e. The van der Waals surface area contributed by atoms with Crippen molar-refractivity contribution in [2.45, 2.75) is 148 Å². The zero-order valence-electron chi connectivity index (χ0n) is 81.0. The molecule has 15 aromatic rings. The summed E-state index contributed by atoms with van der Waals surface area (Å²) in [6, 6.07) is 60.5. The summed E-state index contributed by atoms with van der Waals surface area (Å²) in [6.07, 6.45) is 25.9. The lowest BCUT2D eigenvalue weighted by Gasteiger charge is -2.38. The number of ether oxygens (including phenoxy) is 3. The van der Waals surface area contributed by atoms with Gasteiger partial charge in [0, 0.05) is 131 Å². The Hall–Kier alpha value is -13.9. The van der Waals surface area contributed by atoms with Gasteiger partial charge in [0.05, 0.1) is 53.3 Å². The second kappa shape index (κ2) is 49.3. The highest BCUT2D eigenvalue weighted by Gasteiger charge is 2.39. The number of aliphatic imine (C=N–C) groups is 1. The van der Waals surface area contributed by atoms with Crippen LogP contribution >= 0.6 is 45.2 Å². The van der Waals surface area contributed by atoms with E-state index in [0.717, 1.165) is 129 Å². The van der Waals surface area contributed by atoms with Crippen molar-refractivity contribution in [3.63, 3.8) is 0 Å². The second-order valence-corrected chi connectivity index (χ2v) is 35.4. The standard InChI is InChI=1S/C34H38N10O.C28H33N11.C26H32N8.C14H12N2O2.2CH3I.H3N/c1-3-23(2)44-31-29(21-38-44)39-33(42-15-17-43(18-16-42)34(37-22-35)45-27-10-5-4-6-11-27)41-32(31)40-30(24-13-14-24)26-19-25-9-7-8-12-28(25)36-20-26;1-3-18(2)39-25-23(16-33-39)34-28(38-12-10-37(11-13-38)27(30)32-17-29)36-26(25)35-24(19-8-9-19)21-14-20-6-4-5-7-22(20)31-15-21;1-3-17(2)34-24-22(16-29-34)30-26(33-12-10-27-11-13-33)32-25(24)31-23(18-8-9-18)20-14-19-6-4-5-7-21(19)28-15-20;15-11-16-14(17-12-7-3-1-4-8-12)18-13-9-5-2-6-10-13;2*1-2;/h4-12,19-21,23-24,30,34,37H,3,13-18H2,1-2H3,(H,39,40,41);4-7,14-16,18-19,24H,3,8-13H2,1-2H3,(H2,30,32)(H,34,35,36);4-7,14-18,23,27H,3,8-13H2,1-2H3,(H,30,31,32);1-10,14,16H;2*1H3;1H3/t23?,30-,34?;18?,24-;17?,23-;;;;/m111..../s1. The Labute approximate surface area is 849 Å². The molecule has 3 aliphatic heterocycles. The van der Waals surface area contributed by atoms with Crippen molar-refractivity contribution >= 4 is 152 Å². The van der Waals surface area contributed by atoms with Crippen LogP contribution in [0.3, 0.4) is 0 Å². The molecule has 35 nitrogen and oxygen atoms in total. The maximum atomic E-state index is 9.40. The van der Waals surface area contributed by atoms with Gasteiger partial charge in [-0.3, -0.25) is 39.6 Å². The molecule has 7 atom stereocenters. The molecule has 141 heavy (non-hydrogen) atoms. The lowest BCUT2D eigenvalue weighted by atomic mass is 10.0. The van der Waals surface area contributed by atoms with Crippen molar-refractivity contribution < 1.29 is 14.2 Å². The van der Waals surface area contributed by atoms with Crippen molar-refractivity contribution in [3.05, 3.63) is 236 Å². The van der Waals surface area contributed by atoms with Gasteiger partial charge in [0.1, 0.15) is 50.3 Å². The normalized spacial score (nSPS) is 16.2. The Balaban J connectivity index is 0.000000145. The Morgan fingerprint density at radius 3 is 1.08 bits per heavy atom. The second-order valence-electron chi connectivity index (χ2n) is 35.4. The van der Waals surface area contributed by atoms with Crippen LogP contribution in [0.15, 0.2) is 224 Å². The fourth-order valence-corrected chi connectivity index (χ4v) is 17.6. The van der Waals surface area contributed by atoms with Crippen LogP contribution in [0, 0.1) is 52.1 Å². The van der Waals surface area contributed by atoms with Crippen molar-refractivity contribution in [1.82, 2.24) is 106 Å². The summed E-state index contributed by atoms with van der Waals surface area (Å²) in [5.74, 6) is 8.42. The van der Waals surface area contributed by atoms with Gasteiger partial charge in [-0.15, -0.1) is 4.99 Å². The van der Waals surface area contributed by atoms with Gasteiger partial charge in [0.15, 0.2) is 29.8 Å². The van der Waals surface area contributed by atoms with E-state index in [1.807, 2.05) is 154 Å². The summed E-state index contributed by atoms with van der Waals surface area (Å²) in [6.45, 7) is 22.1. The number of nitrogens with one attached hydrogen (secondary N) is 6. The third kappa shape index (κ3) is 25.3. The average Bonchev–Trinajstić information content (AvgIpc) is 1.63. The van der Waals surface area contributed by atoms with Crippen LogP contribution in [0.2, 0.25) is 0 Å². The molecule has 11 N–H and O–H groups in total. The molecule has 9 aromatic heterocycles. The van der Waals surface area contributed by atoms with Gasteiger partial charge in [0.25, 0.3) is 0 Å². The molecule has 0 spiro atoms. The van der Waals surface area contributed by atoms with Crippen LogP contribution in [0.25, 0.3) is 65.8 Å². The minimum atomic E-state index is -0.847. The molecule has 6 aliphatic rings. The fraction of sp³-hybridized carbons (Fsp3) is 0.385. The zero-order chi connectivity index (χ0) is 97.4. The Morgan fingerprint density at radius 2 is 0.745 bits per heavy atom. The van der Waals surface area contributed by atoms with Crippen molar-refractivity contribution in [1.29, 1.82) is 15.8 Å². The van der Waals surface area contributed by atoms with E-state index in [4.69, 9.17) is 90.6 Å².